The van der Waals surface area contributed by atoms with Gasteiger partial charge in [-0.2, -0.15) is 15.8 Å². The molecule has 5 fully saturated rings. The molecule has 3 atom stereocenters. The van der Waals surface area contributed by atoms with Crippen LogP contribution in [0.25, 0.3) is 66.5 Å². The second-order valence-corrected chi connectivity index (χ2v) is 30.7. The Hall–Kier alpha value is -10.6. The molecule has 6 aromatic carbocycles. The number of carbonyl (C=O) groups is 3. The number of aliphatic hydroxyl groups excluding tert-OH is 2. The largest absolute Gasteiger partial charge is 0.508 e. The number of nitrogens with zero attached hydrogens (tertiary/aromatic N) is 6. The van der Waals surface area contributed by atoms with Gasteiger partial charge < -0.3 is 71.7 Å². The lowest BCUT2D eigenvalue weighted by Crippen LogP contribution is -2.22. The number of hydrogen-bond acceptors (Lipinski definition) is 18. The van der Waals surface area contributed by atoms with Crippen LogP contribution in [0.15, 0.2) is 127 Å². The molecule has 3 aromatic heterocycles. The van der Waals surface area contributed by atoms with Crippen molar-refractivity contribution in [1.29, 1.82) is 15.8 Å². The average Bonchev–Trinajstić information content (AvgIpc) is 1.60. The molecule has 5 heterocycles. The summed E-state index contributed by atoms with van der Waals surface area (Å²) in [6.07, 6.45) is 10.6. The summed E-state index contributed by atoms with van der Waals surface area (Å²) in [5.74, 6) is 0.741. The summed E-state index contributed by atoms with van der Waals surface area (Å²) < 4.78 is 56.6. The molecule has 2 saturated heterocycles. The molecule has 2 aliphatic heterocycles. The number of aliphatic hydroxyl groups is 2. The molecular weight excluding hydrogens is 1420 g/mol. The molecule has 0 radical (unpaired) electrons. The number of aromatic hydroxyl groups is 1. The number of hydrogen-bond donors (Lipinski definition) is 6. The number of carbonyl (C=O) groups excluding carboxylic acids is 3. The second-order valence-electron chi connectivity index (χ2n) is 30.7. The van der Waals surface area contributed by atoms with Crippen molar-refractivity contribution in [2.24, 2.45) is 0 Å². The minimum atomic E-state index is -0.806. The number of fused-ring (bicyclic) bond motifs is 3. The van der Waals surface area contributed by atoms with Crippen LogP contribution in [0.2, 0.25) is 0 Å². The van der Waals surface area contributed by atoms with Gasteiger partial charge in [-0.3, -0.25) is 16.0 Å². The molecule has 112 heavy (non-hydrogen) atoms. The van der Waals surface area contributed by atoms with Gasteiger partial charge in [0.2, 0.25) is 0 Å². The predicted molar refractivity (Wildman–Crippen MR) is 430 cm³/mol. The van der Waals surface area contributed by atoms with Crippen molar-refractivity contribution in [2.45, 2.75) is 226 Å². The molecule has 3 aliphatic carbocycles. The summed E-state index contributed by atoms with van der Waals surface area (Å²) in [6.45, 7) is 22.6. The van der Waals surface area contributed by atoms with E-state index in [0.717, 1.165) is 143 Å². The van der Waals surface area contributed by atoms with E-state index < -0.39 is 30.2 Å². The molecule has 24 heteroatoms. The second kappa shape index (κ2) is 37.1. The molecule has 6 N–H and O–H groups in total. The lowest BCUT2D eigenvalue weighted by Gasteiger charge is -2.30. The number of aromatic nitrogens is 3. The van der Waals surface area contributed by atoms with Gasteiger partial charge in [-0.1, -0.05) is 49.7 Å². The summed E-state index contributed by atoms with van der Waals surface area (Å²) in [7, 11) is 0. The minimum absolute atomic E-state index is 0.0223. The number of benzene rings is 6. The summed E-state index contributed by atoms with van der Waals surface area (Å²) in [4.78, 5) is 35.7. The van der Waals surface area contributed by atoms with E-state index in [-0.39, 0.29) is 49.2 Å². The van der Waals surface area contributed by atoms with Crippen LogP contribution in [0.4, 0.5) is 31.4 Å². The van der Waals surface area contributed by atoms with Gasteiger partial charge in [0.05, 0.1) is 120 Å². The highest BCUT2D eigenvalue weighted by Crippen LogP contribution is 2.47. The van der Waals surface area contributed by atoms with Crippen LogP contribution >= 0.6 is 0 Å². The highest BCUT2D eigenvalue weighted by molar-refractivity contribution is 5.99. The smallest absolute Gasteiger partial charge is 0.411 e. The third-order valence-corrected chi connectivity index (χ3v) is 20.2. The summed E-state index contributed by atoms with van der Waals surface area (Å²) >= 11 is 0. The Labute approximate surface area is 655 Å². The van der Waals surface area contributed by atoms with Crippen LogP contribution in [0.3, 0.4) is 0 Å². The zero-order valence-corrected chi connectivity index (χ0v) is 66.0. The Balaban J connectivity index is 0.000000157. The van der Waals surface area contributed by atoms with Crippen LogP contribution in [0.1, 0.15) is 194 Å². The summed E-state index contributed by atoms with van der Waals surface area (Å²) in [5.41, 5.74) is 11.9. The Bertz CT molecular complexity index is 4870. The highest BCUT2D eigenvalue weighted by atomic mass is 16.7. The van der Waals surface area contributed by atoms with Gasteiger partial charge in [0, 0.05) is 82.4 Å². The van der Waals surface area contributed by atoms with Crippen LogP contribution in [0, 0.1) is 34.0 Å². The first kappa shape index (κ1) is 82.3. The van der Waals surface area contributed by atoms with E-state index in [1.807, 2.05) is 139 Å². The van der Waals surface area contributed by atoms with Gasteiger partial charge in [-0.05, 0) is 223 Å². The van der Waals surface area contributed by atoms with Crippen LogP contribution in [0.5, 0.6) is 17.2 Å². The fourth-order valence-corrected chi connectivity index (χ4v) is 14.4. The van der Waals surface area contributed by atoms with Gasteiger partial charge in [0.1, 0.15) is 35.5 Å². The maximum Gasteiger partial charge on any atom is 0.411 e. The van der Waals surface area contributed by atoms with Gasteiger partial charge in [0.25, 0.3) is 0 Å². The summed E-state index contributed by atoms with van der Waals surface area (Å²) in [5, 5.41) is 69.6. The molecule has 14 rings (SSSR count). The number of phenolic OH excluding ortho intramolecular Hbond substituents is 1. The van der Waals surface area contributed by atoms with Crippen molar-refractivity contribution in [2.75, 3.05) is 49.0 Å². The van der Waals surface area contributed by atoms with E-state index in [1.165, 1.54) is 12.8 Å². The zero-order valence-electron chi connectivity index (χ0n) is 66.0. The van der Waals surface area contributed by atoms with E-state index >= 15 is 0 Å². The summed E-state index contributed by atoms with van der Waals surface area (Å²) in [6, 6.07) is 47.3. The van der Waals surface area contributed by atoms with E-state index in [9.17, 15) is 40.4 Å². The number of phenols is 1. The molecule has 0 spiro atoms. The van der Waals surface area contributed by atoms with Crippen LogP contribution < -0.4 is 25.4 Å². The van der Waals surface area contributed by atoms with E-state index in [2.05, 4.69) is 54.8 Å². The molecule has 0 bridgehead atoms. The maximum atomic E-state index is 12.0. The highest BCUT2D eigenvalue weighted by Gasteiger charge is 2.35. The van der Waals surface area contributed by atoms with Gasteiger partial charge in [0.15, 0.2) is 11.6 Å². The molecule has 592 valence electrons. The monoisotopic (exact) mass is 1530 g/mol. The number of anilines is 3. The average molecular weight is 1530 g/mol. The molecule has 9 aromatic rings. The van der Waals surface area contributed by atoms with E-state index in [4.69, 9.17) is 47.7 Å². The standard InChI is InChI=1S/C30H35N3O5.C27H31N3O5.C23H23N3O3.C8H16O2/c1-19(2)37-29(34)32-21-10-8-20(9-11-21)28-26(17-31)25-13-12-23(16-27(25)33(28)22-6-5-7-22)35-15-14-24-18-36-30(3,4)38-24;1-17(2)35-27(33)29-19-8-6-18(7-9-19)26-24(15-28)23-11-10-22(34-13-12-21(32)16-31)14-25(23)30(26)20-4-3-5-20;1-14(2)29-23(28)25-16-8-6-15(7-9-16)22-20(13-24)19-11-10-18(27)12-21(19)26(22)17-4-3-5-17;1-4-5-7-6-9-8(2,3)10-7/h8-13,16,19,22,24H,5-7,14-15,18H2,1-4H3,(H,32,34);6-11,14,17,20-21,31-32H,3-5,12-13,16H2,1-2H3,(H,29,33);6-12,14,17,27H,3-5H2,1-2H3,(H,25,28);7H,4-6H2,1-3H3/t24-;21-;;7-/m00.0/s1. The van der Waals surface area contributed by atoms with Crippen molar-refractivity contribution in [1.82, 2.24) is 13.7 Å². The van der Waals surface area contributed by atoms with Crippen LogP contribution in [-0.2, 0) is 33.2 Å². The van der Waals surface area contributed by atoms with Gasteiger partial charge in [-0.15, -0.1) is 0 Å². The third-order valence-electron chi connectivity index (χ3n) is 20.2. The number of nitrogens with one attached hydrogen (secondary N) is 3. The first-order chi connectivity index (χ1) is 53.8. The SMILES string of the molecule is CC(C)OC(=O)Nc1ccc(-c2c(C#N)c3ccc(O)cc3n2C2CCC2)cc1.CC(C)OC(=O)Nc1ccc(-c2c(C#N)c3ccc(OCC[C@H](O)CO)cc3n2C2CCC2)cc1.CC(C)OC(=O)Nc1ccc(-c2c(C#N)c3ccc(OCC[C@H]4COC(C)(C)O4)cc3n2C2CCC2)cc1.CCC[C@H]1COC(C)(C)O1. The zero-order chi connectivity index (χ0) is 80.0. The quantitative estimate of drug-likeness (QED) is 0.0324. The predicted octanol–water partition coefficient (Wildman–Crippen LogP) is 19.3. The molecule has 3 saturated carbocycles. The Morgan fingerprint density at radius 2 is 0.839 bits per heavy atom. The first-order valence-electron chi connectivity index (χ1n) is 39.1. The van der Waals surface area contributed by atoms with Crippen molar-refractivity contribution in [3.05, 3.63) is 144 Å². The lowest BCUT2D eigenvalue weighted by molar-refractivity contribution is -0.139. The molecular formula is C88H105N9O15. The molecule has 3 amide bonds. The maximum absolute atomic E-state index is 12.0. The fourth-order valence-electron chi connectivity index (χ4n) is 14.4. The normalized spacial score (nSPS) is 17.2. The van der Waals surface area contributed by atoms with E-state index in [0.29, 0.717) is 83.4 Å². The molecule has 24 nitrogen and oxygen atoms in total. The van der Waals surface area contributed by atoms with Crippen molar-refractivity contribution < 1.29 is 72.3 Å². The van der Waals surface area contributed by atoms with Crippen LogP contribution in [-0.4, -0.2) is 129 Å². The first-order valence-corrected chi connectivity index (χ1v) is 39.1. The van der Waals surface area contributed by atoms with Crippen molar-refractivity contribution in [3.8, 4) is 69.2 Å². The Kier molecular flexibility index (Phi) is 27.3. The molecule has 5 aliphatic rings. The number of ether oxygens (including phenoxy) is 9. The Morgan fingerprint density at radius 1 is 0.500 bits per heavy atom. The van der Waals surface area contributed by atoms with Gasteiger partial charge >= 0.3 is 18.3 Å². The Morgan fingerprint density at radius 3 is 1.14 bits per heavy atom. The minimum Gasteiger partial charge on any atom is -0.508 e. The fraction of sp³-hybridized carbons (Fsp3) is 0.455. The number of amides is 3. The molecule has 0 unspecified atom stereocenters. The lowest BCUT2D eigenvalue weighted by atomic mass is 9.92. The van der Waals surface area contributed by atoms with E-state index in [1.54, 1.807) is 58.0 Å². The topological polar surface area (TPSA) is 317 Å². The van der Waals surface area contributed by atoms with Gasteiger partial charge in [-0.25, -0.2) is 14.4 Å². The number of rotatable bonds is 23. The van der Waals surface area contributed by atoms with Crippen molar-refractivity contribution in [3.63, 3.8) is 0 Å². The third kappa shape index (κ3) is 20.4. The number of nitriles is 3. The van der Waals surface area contributed by atoms with Crippen molar-refractivity contribution >= 4 is 68.1 Å².